The summed E-state index contributed by atoms with van der Waals surface area (Å²) in [6, 6.07) is 0. The highest BCUT2D eigenvalue weighted by atomic mass is 13.9. The first kappa shape index (κ1) is 8.30. The zero-order valence-corrected chi connectivity index (χ0v) is 6.22. The molecule has 0 unspecified atom stereocenters. The molecule has 0 heterocycles. The van der Waals surface area contributed by atoms with Gasteiger partial charge in [0.25, 0.3) is 0 Å². The van der Waals surface area contributed by atoms with Crippen LogP contribution in [0.1, 0.15) is 26.7 Å². The molecule has 0 saturated carbocycles. The van der Waals surface area contributed by atoms with Crippen LogP contribution in [0.25, 0.3) is 0 Å². The van der Waals surface area contributed by atoms with Gasteiger partial charge in [0, 0.05) is 6.42 Å². The monoisotopic (exact) mass is 122 g/mol. The zero-order chi connectivity index (χ0) is 7.11. The Morgan fingerprint density at radius 2 is 2.22 bits per heavy atom. The third kappa shape index (κ3) is 7.30. The standard InChI is InChI=1S/C9H14/c1-4-5-6-7-8-9(2)3/h1,7-9H,5-6H2,2-3H3. The van der Waals surface area contributed by atoms with E-state index < -0.39 is 0 Å². The topological polar surface area (TPSA) is 0 Å². The molecule has 0 N–H and O–H groups in total. The van der Waals surface area contributed by atoms with Gasteiger partial charge in [-0.1, -0.05) is 26.0 Å². The fraction of sp³-hybridized carbons (Fsp3) is 0.556. The van der Waals surface area contributed by atoms with Crippen molar-refractivity contribution >= 4 is 0 Å². The first-order valence-corrected chi connectivity index (χ1v) is 3.37. The average molecular weight is 122 g/mol. The molecule has 0 aromatic rings. The number of unbranched alkanes of at least 4 members (excludes halogenated alkanes) is 1. The maximum atomic E-state index is 5.06. The van der Waals surface area contributed by atoms with Crippen LogP contribution in [-0.2, 0) is 0 Å². The molecule has 0 nitrogen and oxygen atoms in total. The second-order valence-corrected chi connectivity index (χ2v) is 2.41. The Morgan fingerprint density at radius 1 is 1.56 bits per heavy atom. The van der Waals surface area contributed by atoms with Crippen molar-refractivity contribution in [1.29, 1.82) is 0 Å². The third-order valence-electron chi connectivity index (χ3n) is 0.976. The van der Waals surface area contributed by atoms with Gasteiger partial charge < -0.3 is 0 Å². The van der Waals surface area contributed by atoms with Crippen molar-refractivity contribution in [2.75, 3.05) is 0 Å². The zero-order valence-electron chi connectivity index (χ0n) is 6.22. The molecule has 0 bridgehead atoms. The maximum absolute atomic E-state index is 5.06. The van der Waals surface area contributed by atoms with E-state index in [1.54, 1.807) is 0 Å². The van der Waals surface area contributed by atoms with E-state index in [-0.39, 0.29) is 0 Å². The molecule has 0 aromatic heterocycles. The Morgan fingerprint density at radius 3 is 2.67 bits per heavy atom. The van der Waals surface area contributed by atoms with E-state index in [1.165, 1.54) is 0 Å². The lowest BCUT2D eigenvalue weighted by molar-refractivity contribution is 0.824. The quantitative estimate of drug-likeness (QED) is 0.306. The van der Waals surface area contributed by atoms with Gasteiger partial charge in [0.1, 0.15) is 0 Å². The number of hydrogen-bond acceptors (Lipinski definition) is 0. The van der Waals surface area contributed by atoms with Crippen molar-refractivity contribution < 1.29 is 0 Å². The van der Waals surface area contributed by atoms with Crippen LogP contribution in [0.3, 0.4) is 0 Å². The predicted octanol–water partition coefficient (Wildman–Crippen LogP) is 2.61. The van der Waals surface area contributed by atoms with Crippen molar-refractivity contribution in [2.45, 2.75) is 26.7 Å². The molecule has 9 heavy (non-hydrogen) atoms. The number of allylic oxidation sites excluding steroid dienone is 2. The summed E-state index contributed by atoms with van der Waals surface area (Å²) in [7, 11) is 0. The minimum Gasteiger partial charge on any atom is -0.120 e. The Labute approximate surface area is 58.0 Å². The summed E-state index contributed by atoms with van der Waals surface area (Å²) >= 11 is 0. The van der Waals surface area contributed by atoms with Gasteiger partial charge >= 0.3 is 0 Å². The molecule has 0 heteroatoms. The molecule has 0 amide bonds. The summed E-state index contributed by atoms with van der Waals surface area (Å²) in [5.41, 5.74) is 0. The van der Waals surface area contributed by atoms with E-state index in [1.807, 2.05) is 0 Å². The van der Waals surface area contributed by atoms with Gasteiger partial charge in [-0.05, 0) is 12.3 Å². The van der Waals surface area contributed by atoms with E-state index in [2.05, 4.69) is 31.9 Å². The molecule has 0 saturated heterocycles. The highest BCUT2D eigenvalue weighted by Crippen LogP contribution is 1.96. The molecule has 0 aromatic carbocycles. The maximum Gasteiger partial charge on any atom is 0.0121 e. The Hall–Kier alpha value is -0.700. The van der Waals surface area contributed by atoms with Gasteiger partial charge in [-0.25, -0.2) is 0 Å². The Kier molecular flexibility index (Phi) is 5.01. The smallest absolute Gasteiger partial charge is 0.0121 e. The first-order chi connectivity index (χ1) is 4.27. The minimum atomic E-state index is 0.655. The highest BCUT2D eigenvalue weighted by molar-refractivity contribution is 4.91. The van der Waals surface area contributed by atoms with Crippen molar-refractivity contribution in [3.05, 3.63) is 12.2 Å². The lowest BCUT2D eigenvalue weighted by atomic mass is 10.2. The highest BCUT2D eigenvalue weighted by Gasteiger charge is 1.81. The SMILES string of the molecule is C#CCCC=CC(C)C. The van der Waals surface area contributed by atoms with Gasteiger partial charge in [-0.2, -0.15) is 0 Å². The van der Waals surface area contributed by atoms with Crippen LogP contribution < -0.4 is 0 Å². The van der Waals surface area contributed by atoms with Crippen LogP contribution in [0.4, 0.5) is 0 Å². The van der Waals surface area contributed by atoms with E-state index in [9.17, 15) is 0 Å². The second kappa shape index (κ2) is 5.44. The number of rotatable bonds is 3. The molecule has 0 spiro atoms. The number of terminal acetylenes is 1. The molecule has 0 aliphatic heterocycles. The van der Waals surface area contributed by atoms with Gasteiger partial charge in [-0.3, -0.25) is 0 Å². The van der Waals surface area contributed by atoms with Gasteiger partial charge in [-0.15, -0.1) is 12.3 Å². The molecule has 0 atom stereocenters. The van der Waals surface area contributed by atoms with Crippen molar-refractivity contribution in [3.63, 3.8) is 0 Å². The summed E-state index contributed by atoms with van der Waals surface area (Å²) in [5.74, 6) is 3.25. The van der Waals surface area contributed by atoms with Crippen LogP contribution in [0, 0.1) is 18.3 Å². The molecule has 0 radical (unpaired) electrons. The normalized spacial score (nSPS) is 10.4. The van der Waals surface area contributed by atoms with Gasteiger partial charge in [0.2, 0.25) is 0 Å². The Balaban J connectivity index is 3.17. The molecule has 0 aliphatic rings. The van der Waals surface area contributed by atoms with Crippen molar-refractivity contribution in [2.24, 2.45) is 5.92 Å². The number of hydrogen-bond donors (Lipinski definition) is 0. The molecule has 0 aliphatic carbocycles. The van der Waals surface area contributed by atoms with Crippen LogP contribution >= 0.6 is 0 Å². The summed E-state index contributed by atoms with van der Waals surface area (Å²) in [6.07, 6.45) is 11.3. The van der Waals surface area contributed by atoms with Crippen LogP contribution in [0.5, 0.6) is 0 Å². The van der Waals surface area contributed by atoms with Gasteiger partial charge in [0.15, 0.2) is 0 Å². The van der Waals surface area contributed by atoms with E-state index in [0.29, 0.717) is 5.92 Å². The van der Waals surface area contributed by atoms with E-state index in [0.717, 1.165) is 12.8 Å². The lowest BCUT2D eigenvalue weighted by Crippen LogP contribution is -1.76. The molecule has 0 fully saturated rings. The minimum absolute atomic E-state index is 0.655. The second-order valence-electron chi connectivity index (χ2n) is 2.41. The van der Waals surface area contributed by atoms with Gasteiger partial charge in [0.05, 0.1) is 0 Å². The summed E-state index contributed by atoms with van der Waals surface area (Å²) in [4.78, 5) is 0. The predicted molar refractivity (Wildman–Crippen MR) is 42.0 cm³/mol. The molecule has 50 valence electrons. The fourth-order valence-corrected chi connectivity index (χ4v) is 0.535. The van der Waals surface area contributed by atoms with Crippen LogP contribution in [-0.4, -0.2) is 0 Å². The summed E-state index contributed by atoms with van der Waals surface area (Å²) in [6.45, 7) is 4.32. The molecular formula is C9H14. The van der Waals surface area contributed by atoms with Crippen molar-refractivity contribution in [3.8, 4) is 12.3 Å². The average Bonchev–Trinajstić information content (AvgIpc) is 1.80. The van der Waals surface area contributed by atoms with Crippen LogP contribution in [0.2, 0.25) is 0 Å². The largest absolute Gasteiger partial charge is 0.120 e. The summed E-state index contributed by atoms with van der Waals surface area (Å²) in [5, 5.41) is 0. The Bertz CT molecular complexity index is 112. The van der Waals surface area contributed by atoms with E-state index >= 15 is 0 Å². The van der Waals surface area contributed by atoms with E-state index in [4.69, 9.17) is 6.42 Å². The third-order valence-corrected chi connectivity index (χ3v) is 0.976. The van der Waals surface area contributed by atoms with Crippen molar-refractivity contribution in [1.82, 2.24) is 0 Å². The lowest BCUT2D eigenvalue weighted by Gasteiger charge is -1.90. The summed E-state index contributed by atoms with van der Waals surface area (Å²) < 4.78 is 0. The molecular weight excluding hydrogens is 108 g/mol. The fourth-order valence-electron chi connectivity index (χ4n) is 0.535. The molecule has 0 rings (SSSR count). The van der Waals surface area contributed by atoms with Crippen LogP contribution in [0.15, 0.2) is 12.2 Å². The first-order valence-electron chi connectivity index (χ1n) is 3.37.